The number of nitrogens with zero attached hydrogens (tertiary/aromatic N) is 2. The molecule has 0 saturated carbocycles. The first-order valence-electron chi connectivity index (χ1n) is 6.03. The largest absolute Gasteiger partial charge is 0.398 e. The highest BCUT2D eigenvalue weighted by Gasteiger charge is 2.07. The summed E-state index contributed by atoms with van der Waals surface area (Å²) in [6.45, 7) is 2.39. The number of benzene rings is 1. The molecular formula is C14H14N4O. The van der Waals surface area contributed by atoms with E-state index in [9.17, 15) is 4.79 Å². The highest BCUT2D eigenvalue weighted by Crippen LogP contribution is 2.17. The van der Waals surface area contributed by atoms with Gasteiger partial charge in [0.1, 0.15) is 0 Å². The molecule has 5 heteroatoms. The molecule has 0 radical (unpaired) electrons. The van der Waals surface area contributed by atoms with Crippen molar-refractivity contribution in [2.24, 2.45) is 0 Å². The molecular weight excluding hydrogens is 240 g/mol. The first-order chi connectivity index (χ1) is 9.16. The zero-order valence-electron chi connectivity index (χ0n) is 10.6. The Kier molecular flexibility index (Phi) is 2.59. The molecule has 96 valence electrons. The molecule has 0 amide bonds. The van der Waals surface area contributed by atoms with Crippen LogP contribution >= 0.6 is 0 Å². The van der Waals surface area contributed by atoms with E-state index >= 15 is 0 Å². The van der Waals surface area contributed by atoms with Gasteiger partial charge >= 0.3 is 0 Å². The van der Waals surface area contributed by atoms with Gasteiger partial charge in [-0.1, -0.05) is 6.07 Å². The first-order valence-corrected chi connectivity index (χ1v) is 6.03. The smallest absolute Gasteiger partial charge is 0.258 e. The molecule has 3 rings (SSSR count). The van der Waals surface area contributed by atoms with Crippen LogP contribution in [-0.2, 0) is 6.54 Å². The normalized spacial score (nSPS) is 11.0. The van der Waals surface area contributed by atoms with Crippen LogP contribution < -0.4 is 11.3 Å². The molecule has 0 saturated heterocycles. The van der Waals surface area contributed by atoms with Gasteiger partial charge in [-0.3, -0.25) is 4.79 Å². The summed E-state index contributed by atoms with van der Waals surface area (Å²) in [6.07, 6.45) is 3.39. The number of rotatable bonds is 2. The van der Waals surface area contributed by atoms with Crippen LogP contribution in [0.3, 0.4) is 0 Å². The van der Waals surface area contributed by atoms with Crippen molar-refractivity contribution in [1.29, 1.82) is 0 Å². The lowest BCUT2D eigenvalue weighted by Gasteiger charge is -2.07. The number of H-pyrrole nitrogens is 1. The lowest BCUT2D eigenvalue weighted by atomic mass is 10.1. The molecule has 0 fully saturated rings. The van der Waals surface area contributed by atoms with Crippen molar-refractivity contribution in [1.82, 2.24) is 14.5 Å². The maximum absolute atomic E-state index is 12.4. The van der Waals surface area contributed by atoms with E-state index in [0.29, 0.717) is 17.6 Å². The molecule has 2 aromatic heterocycles. The number of nitrogens with one attached hydrogen (secondary N) is 1. The Labute approximate surface area is 109 Å². The Morgan fingerprint density at radius 2 is 2.16 bits per heavy atom. The molecule has 0 aliphatic rings. The fraction of sp³-hybridized carbons (Fsp3) is 0.143. The third-order valence-corrected chi connectivity index (χ3v) is 3.31. The number of aromatic nitrogens is 3. The van der Waals surface area contributed by atoms with E-state index in [1.165, 1.54) is 0 Å². The number of hydrogen-bond donors (Lipinski definition) is 2. The molecule has 0 unspecified atom stereocenters. The van der Waals surface area contributed by atoms with E-state index in [4.69, 9.17) is 5.73 Å². The number of nitrogen functional groups attached to an aromatic ring is 1. The summed E-state index contributed by atoms with van der Waals surface area (Å²) in [5, 5.41) is 1.43. The predicted molar refractivity (Wildman–Crippen MR) is 75.0 cm³/mol. The van der Waals surface area contributed by atoms with E-state index in [1.807, 2.05) is 13.0 Å². The number of fused-ring (bicyclic) bond motifs is 1. The van der Waals surface area contributed by atoms with Gasteiger partial charge in [-0.05, 0) is 25.1 Å². The second kappa shape index (κ2) is 4.28. The van der Waals surface area contributed by atoms with Crippen molar-refractivity contribution < 1.29 is 0 Å². The zero-order valence-corrected chi connectivity index (χ0v) is 10.6. The molecule has 0 spiro atoms. The number of nitrogens with two attached hydrogens (primary N) is 1. The standard InChI is InChI=1S/C14H14N4O/c1-9-13(17-8-16-9)7-18-6-5-10-11(14(18)19)3-2-4-12(10)15/h2-6,8H,7,15H2,1H3,(H,16,17). The van der Waals surface area contributed by atoms with Crippen LogP contribution in [0, 0.1) is 6.92 Å². The summed E-state index contributed by atoms with van der Waals surface area (Å²) in [4.78, 5) is 19.6. The van der Waals surface area contributed by atoms with E-state index in [2.05, 4.69) is 9.97 Å². The minimum atomic E-state index is -0.0489. The highest BCUT2D eigenvalue weighted by atomic mass is 16.1. The van der Waals surface area contributed by atoms with Gasteiger partial charge in [0.05, 0.1) is 18.6 Å². The molecule has 5 nitrogen and oxygen atoms in total. The quantitative estimate of drug-likeness (QED) is 0.683. The molecule has 2 heterocycles. The lowest BCUT2D eigenvalue weighted by molar-refractivity contribution is 0.746. The minimum absolute atomic E-state index is 0.0489. The maximum atomic E-state index is 12.4. The summed E-state index contributed by atoms with van der Waals surface area (Å²) < 4.78 is 1.64. The number of aryl methyl sites for hydroxylation is 1. The summed E-state index contributed by atoms with van der Waals surface area (Å²) in [7, 11) is 0. The monoisotopic (exact) mass is 254 g/mol. The summed E-state index contributed by atoms with van der Waals surface area (Å²) >= 11 is 0. The first kappa shape index (κ1) is 11.5. The molecule has 0 atom stereocenters. The van der Waals surface area contributed by atoms with Gasteiger partial charge in [0.2, 0.25) is 0 Å². The second-order valence-electron chi connectivity index (χ2n) is 4.53. The van der Waals surface area contributed by atoms with Crippen LogP contribution in [0.1, 0.15) is 11.4 Å². The Balaban J connectivity index is 2.14. The van der Waals surface area contributed by atoms with Crippen LogP contribution in [0.15, 0.2) is 41.6 Å². The van der Waals surface area contributed by atoms with Gasteiger partial charge in [-0.15, -0.1) is 0 Å². The average Bonchev–Trinajstić information content (AvgIpc) is 2.79. The molecule has 0 aliphatic carbocycles. The van der Waals surface area contributed by atoms with E-state index in [-0.39, 0.29) is 5.56 Å². The minimum Gasteiger partial charge on any atom is -0.398 e. The van der Waals surface area contributed by atoms with Crippen molar-refractivity contribution in [2.45, 2.75) is 13.5 Å². The fourth-order valence-corrected chi connectivity index (χ4v) is 2.17. The number of anilines is 1. The Bertz CT molecular complexity index is 801. The van der Waals surface area contributed by atoms with E-state index in [1.54, 1.807) is 35.3 Å². The predicted octanol–water partition coefficient (Wildman–Crippen LogP) is 1.66. The van der Waals surface area contributed by atoms with E-state index < -0.39 is 0 Å². The van der Waals surface area contributed by atoms with Gasteiger partial charge < -0.3 is 15.3 Å². The third kappa shape index (κ3) is 1.89. The second-order valence-corrected chi connectivity index (χ2v) is 4.53. The van der Waals surface area contributed by atoms with Crippen molar-refractivity contribution in [3.63, 3.8) is 0 Å². The van der Waals surface area contributed by atoms with Crippen LogP contribution in [0.5, 0.6) is 0 Å². The van der Waals surface area contributed by atoms with Crippen LogP contribution in [0.4, 0.5) is 5.69 Å². The van der Waals surface area contributed by atoms with Crippen LogP contribution in [0.25, 0.3) is 10.8 Å². The molecule has 3 aromatic rings. The van der Waals surface area contributed by atoms with Crippen LogP contribution in [0.2, 0.25) is 0 Å². The zero-order chi connectivity index (χ0) is 13.4. The van der Waals surface area contributed by atoms with Crippen molar-refractivity contribution in [3.05, 3.63) is 58.5 Å². The molecule has 19 heavy (non-hydrogen) atoms. The Morgan fingerprint density at radius 1 is 1.32 bits per heavy atom. The highest BCUT2D eigenvalue weighted by molar-refractivity contribution is 5.91. The maximum Gasteiger partial charge on any atom is 0.258 e. The molecule has 1 aromatic carbocycles. The van der Waals surface area contributed by atoms with Crippen molar-refractivity contribution in [2.75, 3.05) is 5.73 Å². The topological polar surface area (TPSA) is 76.7 Å². The number of imidazole rings is 1. The molecule has 0 aliphatic heterocycles. The molecule has 3 N–H and O–H groups in total. The fourth-order valence-electron chi connectivity index (χ4n) is 2.17. The van der Waals surface area contributed by atoms with Gasteiger partial charge in [0.15, 0.2) is 0 Å². The third-order valence-electron chi connectivity index (χ3n) is 3.31. The molecule has 0 bridgehead atoms. The Morgan fingerprint density at radius 3 is 2.89 bits per heavy atom. The van der Waals surface area contributed by atoms with E-state index in [0.717, 1.165) is 16.8 Å². The van der Waals surface area contributed by atoms with Crippen molar-refractivity contribution >= 4 is 16.5 Å². The Hall–Kier alpha value is -2.56. The van der Waals surface area contributed by atoms with Gasteiger partial charge in [-0.2, -0.15) is 0 Å². The summed E-state index contributed by atoms with van der Waals surface area (Å²) in [5.74, 6) is 0. The number of aromatic amines is 1. The van der Waals surface area contributed by atoms with Crippen LogP contribution in [-0.4, -0.2) is 14.5 Å². The van der Waals surface area contributed by atoms with Gasteiger partial charge in [0.25, 0.3) is 5.56 Å². The van der Waals surface area contributed by atoms with Gasteiger partial charge in [0, 0.05) is 28.4 Å². The number of pyridine rings is 1. The summed E-state index contributed by atoms with van der Waals surface area (Å²) in [6, 6.07) is 7.25. The summed E-state index contributed by atoms with van der Waals surface area (Å²) in [5.41, 5.74) is 8.28. The van der Waals surface area contributed by atoms with Gasteiger partial charge in [-0.25, -0.2) is 4.98 Å². The number of hydrogen-bond acceptors (Lipinski definition) is 3. The SMILES string of the molecule is Cc1[nH]cnc1Cn1ccc2c(N)cccc2c1=O. The average molecular weight is 254 g/mol. The van der Waals surface area contributed by atoms with Crippen molar-refractivity contribution in [3.8, 4) is 0 Å². The lowest BCUT2D eigenvalue weighted by Crippen LogP contribution is -2.20.